The summed E-state index contributed by atoms with van der Waals surface area (Å²) in [6, 6.07) is 30.8. The zero-order valence-corrected chi connectivity index (χ0v) is 23.8. The molecule has 2 atom stereocenters. The van der Waals surface area contributed by atoms with Crippen LogP contribution < -0.4 is 10.2 Å². The number of hydrogen-bond acceptors (Lipinski definition) is 3. The average Bonchev–Trinajstić information content (AvgIpc) is 2.99. The number of allylic oxidation sites excluding steroid dienone is 2. The molecule has 0 fully saturated rings. The molecule has 1 aliphatic rings. The van der Waals surface area contributed by atoms with Crippen molar-refractivity contribution >= 4 is 62.2 Å². The lowest BCUT2D eigenvalue weighted by Crippen LogP contribution is -2.41. The maximum absolute atomic E-state index is 14.1. The molecule has 5 nitrogen and oxygen atoms in total. The van der Waals surface area contributed by atoms with Gasteiger partial charge in [0.2, 0.25) is 11.8 Å². The van der Waals surface area contributed by atoms with Crippen LogP contribution in [0.15, 0.2) is 120 Å². The van der Waals surface area contributed by atoms with Gasteiger partial charge in [0.1, 0.15) is 0 Å². The molecule has 4 aromatic carbocycles. The van der Waals surface area contributed by atoms with Crippen LogP contribution in [-0.2, 0) is 9.59 Å². The van der Waals surface area contributed by atoms with Crippen molar-refractivity contribution in [2.24, 2.45) is 11.8 Å². The van der Waals surface area contributed by atoms with Gasteiger partial charge in [0.05, 0.1) is 22.5 Å². The minimum Gasteiger partial charge on any atom is -0.325 e. The summed E-state index contributed by atoms with van der Waals surface area (Å²) >= 11 is 9.73. The Labute approximate surface area is 246 Å². The molecule has 0 radical (unpaired) electrons. The highest BCUT2D eigenvalue weighted by molar-refractivity contribution is 9.10. The van der Waals surface area contributed by atoms with Crippen molar-refractivity contribution in [2.75, 3.05) is 10.2 Å². The van der Waals surface area contributed by atoms with E-state index in [-0.39, 0.29) is 17.6 Å². The van der Waals surface area contributed by atoms with E-state index in [0.717, 1.165) is 11.4 Å². The first-order valence-electron chi connectivity index (χ1n) is 12.9. The van der Waals surface area contributed by atoms with Crippen LogP contribution in [0.4, 0.5) is 17.1 Å². The van der Waals surface area contributed by atoms with E-state index >= 15 is 0 Å². The number of ketones is 1. The lowest BCUT2D eigenvalue weighted by atomic mass is 9.81. The van der Waals surface area contributed by atoms with E-state index in [2.05, 4.69) is 21.2 Å². The molecule has 2 unspecified atom stereocenters. The first-order valence-corrected chi connectivity index (χ1v) is 14.1. The summed E-state index contributed by atoms with van der Waals surface area (Å²) in [4.78, 5) is 43.0. The number of anilines is 3. The van der Waals surface area contributed by atoms with Crippen LogP contribution in [0.2, 0.25) is 5.02 Å². The number of rotatable bonds is 7. The standard InChI is InChI=1S/C33H26BrClN2O3/c34-22-19-20-30(28(21-22)31(38)27-17-9-10-18-29(27)35)36-32(39)25-15-7-8-16-26(25)33(40)37(23-11-3-1-4-12-23)24-13-5-2-6-14-24/h1-14,17-21,25-26H,15-16H2,(H,36,39). The molecule has 40 heavy (non-hydrogen) atoms. The van der Waals surface area contributed by atoms with Crippen LogP contribution >= 0.6 is 27.5 Å². The fourth-order valence-corrected chi connectivity index (χ4v) is 5.51. The van der Waals surface area contributed by atoms with Crippen LogP contribution in [0, 0.1) is 11.8 Å². The van der Waals surface area contributed by atoms with Crippen molar-refractivity contribution in [3.8, 4) is 0 Å². The van der Waals surface area contributed by atoms with Gasteiger partial charge in [-0.1, -0.05) is 88.2 Å². The monoisotopic (exact) mass is 612 g/mol. The predicted molar refractivity (Wildman–Crippen MR) is 163 cm³/mol. The number of carbonyl (C=O) groups excluding carboxylic acids is 3. The molecule has 200 valence electrons. The molecule has 7 heteroatoms. The van der Waals surface area contributed by atoms with Crippen molar-refractivity contribution in [1.82, 2.24) is 0 Å². The molecule has 0 spiro atoms. The Kier molecular flexibility index (Phi) is 8.58. The van der Waals surface area contributed by atoms with Crippen LogP contribution in [0.25, 0.3) is 0 Å². The number of hydrogen-bond donors (Lipinski definition) is 1. The number of nitrogens with zero attached hydrogens (tertiary/aromatic N) is 1. The highest BCUT2D eigenvalue weighted by atomic mass is 79.9. The third kappa shape index (κ3) is 5.93. The molecular weight excluding hydrogens is 588 g/mol. The molecule has 0 bridgehead atoms. The summed E-state index contributed by atoms with van der Waals surface area (Å²) in [5, 5.41) is 3.28. The predicted octanol–water partition coefficient (Wildman–Crippen LogP) is 8.22. The molecular formula is C33H26BrClN2O3. The van der Waals surface area contributed by atoms with Crippen LogP contribution in [0.1, 0.15) is 28.8 Å². The molecule has 4 aromatic rings. The Hall–Kier alpha value is -4.00. The van der Waals surface area contributed by atoms with Gasteiger partial charge in [-0.15, -0.1) is 0 Å². The Balaban J connectivity index is 1.45. The third-order valence-electron chi connectivity index (χ3n) is 6.94. The molecule has 0 aromatic heterocycles. The van der Waals surface area contributed by atoms with E-state index in [4.69, 9.17) is 11.6 Å². The number of benzene rings is 4. The highest BCUT2D eigenvalue weighted by Gasteiger charge is 2.37. The molecule has 2 amide bonds. The Morgan fingerprint density at radius 2 is 1.30 bits per heavy atom. The van der Waals surface area contributed by atoms with Crippen molar-refractivity contribution < 1.29 is 14.4 Å². The van der Waals surface area contributed by atoms with E-state index in [9.17, 15) is 14.4 Å². The van der Waals surface area contributed by atoms with Gasteiger partial charge in [-0.2, -0.15) is 0 Å². The number of amides is 2. The smallest absolute Gasteiger partial charge is 0.235 e. The summed E-state index contributed by atoms with van der Waals surface area (Å²) in [6.45, 7) is 0. The number of halogens is 2. The van der Waals surface area contributed by atoms with Gasteiger partial charge in [0, 0.05) is 27.0 Å². The third-order valence-corrected chi connectivity index (χ3v) is 7.76. The highest BCUT2D eigenvalue weighted by Crippen LogP contribution is 2.35. The average molecular weight is 614 g/mol. The van der Waals surface area contributed by atoms with Gasteiger partial charge in [-0.3, -0.25) is 19.3 Å². The second kappa shape index (κ2) is 12.5. The maximum Gasteiger partial charge on any atom is 0.235 e. The lowest BCUT2D eigenvalue weighted by Gasteiger charge is -2.32. The molecule has 1 aliphatic carbocycles. The topological polar surface area (TPSA) is 66.5 Å². The molecule has 0 heterocycles. The first kappa shape index (κ1) is 27.6. The quantitative estimate of drug-likeness (QED) is 0.169. The molecule has 0 saturated heterocycles. The second-order valence-corrected chi connectivity index (χ2v) is 10.8. The van der Waals surface area contributed by atoms with Crippen molar-refractivity contribution in [1.29, 1.82) is 0 Å². The van der Waals surface area contributed by atoms with Crippen molar-refractivity contribution in [3.63, 3.8) is 0 Å². The van der Waals surface area contributed by atoms with Crippen LogP contribution in [0.5, 0.6) is 0 Å². The Morgan fingerprint density at radius 1 is 0.725 bits per heavy atom. The van der Waals surface area contributed by atoms with Gasteiger partial charge in [-0.25, -0.2) is 0 Å². The second-order valence-electron chi connectivity index (χ2n) is 9.49. The molecule has 1 N–H and O–H groups in total. The minimum atomic E-state index is -0.626. The van der Waals surface area contributed by atoms with Gasteiger partial charge < -0.3 is 5.32 Å². The van der Waals surface area contributed by atoms with Crippen LogP contribution in [0.3, 0.4) is 0 Å². The minimum absolute atomic E-state index is 0.162. The molecule has 0 saturated carbocycles. The summed E-state index contributed by atoms with van der Waals surface area (Å²) in [7, 11) is 0. The Morgan fingerprint density at radius 3 is 1.93 bits per heavy atom. The number of para-hydroxylation sites is 2. The summed E-state index contributed by atoms with van der Waals surface area (Å²) < 4.78 is 0.691. The van der Waals surface area contributed by atoms with E-state index < -0.39 is 11.8 Å². The summed E-state index contributed by atoms with van der Waals surface area (Å²) in [6.07, 6.45) is 4.72. The fraction of sp³-hybridized carbons (Fsp3) is 0.121. The number of carbonyl (C=O) groups is 3. The van der Waals surface area contributed by atoms with Gasteiger partial charge in [-0.05, 0) is 67.4 Å². The van der Waals surface area contributed by atoms with Crippen molar-refractivity contribution in [3.05, 3.63) is 136 Å². The van der Waals surface area contributed by atoms with Gasteiger partial charge in [0.15, 0.2) is 5.78 Å². The van der Waals surface area contributed by atoms with E-state index in [1.54, 1.807) is 47.4 Å². The summed E-state index contributed by atoms with van der Waals surface area (Å²) in [5.74, 6) is -2.01. The maximum atomic E-state index is 14.1. The van der Waals surface area contributed by atoms with Crippen molar-refractivity contribution in [2.45, 2.75) is 12.8 Å². The van der Waals surface area contributed by atoms with Gasteiger partial charge >= 0.3 is 0 Å². The summed E-state index contributed by atoms with van der Waals surface area (Å²) in [5.41, 5.74) is 2.47. The van der Waals surface area contributed by atoms with E-state index in [1.165, 1.54) is 0 Å². The van der Waals surface area contributed by atoms with Crippen LogP contribution in [-0.4, -0.2) is 17.6 Å². The Bertz CT molecular complexity index is 1530. The largest absolute Gasteiger partial charge is 0.325 e. The zero-order chi connectivity index (χ0) is 28.1. The fourth-order valence-electron chi connectivity index (χ4n) is 4.93. The SMILES string of the molecule is O=C(c1ccccc1Cl)c1cc(Br)ccc1NC(=O)C1CC=CCC1C(=O)N(c1ccccc1)c1ccccc1. The molecule has 5 rings (SSSR count). The first-order chi connectivity index (χ1) is 19.4. The lowest BCUT2D eigenvalue weighted by molar-refractivity contribution is -0.130. The van der Waals surface area contributed by atoms with E-state index in [0.29, 0.717) is 39.2 Å². The molecule has 0 aliphatic heterocycles. The zero-order valence-electron chi connectivity index (χ0n) is 21.5. The van der Waals surface area contributed by atoms with E-state index in [1.807, 2.05) is 72.8 Å². The number of nitrogens with one attached hydrogen (secondary N) is 1. The normalized spacial score (nSPS) is 16.2. The van der Waals surface area contributed by atoms with Gasteiger partial charge in [0.25, 0.3) is 0 Å².